The number of carbonyl (C=O) groups is 2. The summed E-state index contributed by atoms with van der Waals surface area (Å²) < 4.78 is 109. The molecular formula is C16H18F8O3. The number of rotatable bonds is 11. The van der Waals surface area contributed by atoms with E-state index in [1.807, 2.05) is 0 Å². The van der Waals surface area contributed by atoms with Crippen molar-refractivity contribution in [2.75, 3.05) is 0 Å². The highest BCUT2D eigenvalue weighted by Gasteiger charge is 2.80. The van der Waals surface area contributed by atoms with E-state index in [0.717, 1.165) is 13.8 Å². The van der Waals surface area contributed by atoms with Crippen LogP contribution >= 0.6 is 0 Å². The van der Waals surface area contributed by atoms with E-state index in [-0.39, 0.29) is 5.57 Å². The molecule has 3 nitrogen and oxygen atoms in total. The zero-order chi connectivity index (χ0) is 22.0. The minimum absolute atomic E-state index is 0.312. The fourth-order valence-corrected chi connectivity index (χ4v) is 1.85. The highest BCUT2D eigenvalue weighted by atomic mass is 19.4. The van der Waals surface area contributed by atoms with E-state index < -0.39 is 66.2 Å². The van der Waals surface area contributed by atoms with Gasteiger partial charge in [0.25, 0.3) is 0 Å². The first-order valence-corrected chi connectivity index (χ1v) is 7.39. The molecule has 1 unspecified atom stereocenters. The van der Waals surface area contributed by atoms with Gasteiger partial charge in [-0.3, -0.25) is 9.59 Å². The third-order valence-electron chi connectivity index (χ3n) is 3.63. The van der Waals surface area contributed by atoms with Crippen LogP contribution in [0.3, 0.4) is 0 Å². The second-order valence-corrected chi connectivity index (χ2v) is 6.13. The Morgan fingerprint density at radius 1 is 0.852 bits per heavy atom. The molecule has 0 spiro atoms. The largest absolute Gasteiger partial charge is 0.385 e. The molecule has 0 amide bonds. The summed E-state index contributed by atoms with van der Waals surface area (Å²) in [6.45, 7) is 8.01. The zero-order valence-electron chi connectivity index (χ0n) is 14.4. The van der Waals surface area contributed by atoms with Crippen LogP contribution in [0.2, 0.25) is 0 Å². The van der Waals surface area contributed by atoms with Gasteiger partial charge in [0.1, 0.15) is 6.10 Å². The molecular weight excluding hydrogens is 392 g/mol. The van der Waals surface area contributed by atoms with E-state index in [2.05, 4.69) is 13.2 Å². The van der Waals surface area contributed by atoms with E-state index in [0.29, 0.717) is 0 Å². The van der Waals surface area contributed by atoms with Crippen LogP contribution in [0.15, 0.2) is 24.3 Å². The number of hydrogen-bond acceptors (Lipinski definition) is 3. The van der Waals surface area contributed by atoms with Crippen LogP contribution in [-0.2, 0) is 9.59 Å². The Morgan fingerprint density at radius 2 is 1.26 bits per heavy atom. The Labute approximate surface area is 149 Å². The minimum atomic E-state index is -6.63. The van der Waals surface area contributed by atoms with Crippen molar-refractivity contribution in [1.82, 2.24) is 0 Å². The molecule has 0 aliphatic rings. The molecule has 156 valence electrons. The van der Waals surface area contributed by atoms with Crippen LogP contribution in [0.1, 0.15) is 33.1 Å². The van der Waals surface area contributed by atoms with Crippen molar-refractivity contribution in [1.29, 1.82) is 0 Å². The molecule has 0 heterocycles. The maximum atomic E-state index is 13.7. The summed E-state index contributed by atoms with van der Waals surface area (Å²) in [5.41, 5.74) is -0.843. The number of carbonyl (C=O) groups excluding carboxylic acids is 2. The summed E-state index contributed by atoms with van der Waals surface area (Å²) in [7, 11) is 0. The molecule has 0 fully saturated rings. The number of alkyl halides is 8. The summed E-state index contributed by atoms with van der Waals surface area (Å²) in [4.78, 5) is 22.4. The van der Waals surface area contributed by atoms with Gasteiger partial charge < -0.3 is 5.11 Å². The van der Waals surface area contributed by atoms with Crippen molar-refractivity contribution in [3.63, 3.8) is 0 Å². The van der Waals surface area contributed by atoms with Crippen LogP contribution in [-0.4, -0.2) is 46.5 Å². The van der Waals surface area contributed by atoms with E-state index in [4.69, 9.17) is 0 Å². The van der Waals surface area contributed by atoms with Gasteiger partial charge in [-0.1, -0.05) is 13.2 Å². The van der Waals surface area contributed by atoms with Crippen molar-refractivity contribution in [3.05, 3.63) is 24.3 Å². The molecule has 1 N–H and O–H groups in total. The number of aliphatic hydroxyl groups is 1. The molecule has 0 rings (SSSR count). The topological polar surface area (TPSA) is 54.4 Å². The quantitative estimate of drug-likeness (QED) is 0.407. The molecule has 0 aromatic heterocycles. The van der Waals surface area contributed by atoms with E-state index >= 15 is 0 Å². The molecule has 0 aromatic carbocycles. The molecule has 0 aliphatic carbocycles. The Hall–Kier alpha value is -1.78. The monoisotopic (exact) mass is 410 g/mol. The molecule has 0 saturated carbocycles. The number of halogens is 8. The number of aliphatic hydroxyl groups excluding tert-OH is 1. The van der Waals surface area contributed by atoms with Gasteiger partial charge in [0.2, 0.25) is 0 Å². The summed E-state index contributed by atoms with van der Waals surface area (Å²) in [5.74, 6) is -27.4. The highest BCUT2D eigenvalue weighted by Crippen LogP contribution is 2.55. The van der Waals surface area contributed by atoms with Crippen LogP contribution < -0.4 is 0 Å². The Kier molecular flexibility index (Phi) is 7.54. The van der Waals surface area contributed by atoms with Crippen molar-refractivity contribution in [2.24, 2.45) is 0 Å². The van der Waals surface area contributed by atoms with E-state index in [1.165, 1.54) is 0 Å². The third kappa shape index (κ3) is 5.14. The lowest BCUT2D eigenvalue weighted by Gasteiger charge is -2.37. The Balaban J connectivity index is 5.65. The maximum Gasteiger partial charge on any atom is 0.378 e. The first kappa shape index (κ1) is 25.2. The van der Waals surface area contributed by atoms with Crippen molar-refractivity contribution in [3.8, 4) is 0 Å². The highest BCUT2D eigenvalue weighted by molar-refractivity contribution is 5.97. The average molecular weight is 410 g/mol. The number of Topliss-reactive ketones (excluding diaryl/α,β-unsaturated/α-hetero) is 2. The number of hydrogen-bond donors (Lipinski definition) is 1. The molecule has 0 radical (unpaired) electrons. The molecule has 0 aromatic rings. The summed E-state index contributed by atoms with van der Waals surface area (Å²) in [5, 5.41) is 9.18. The predicted octanol–water partition coefficient (Wildman–Crippen LogP) is 4.35. The van der Waals surface area contributed by atoms with Gasteiger partial charge in [0.15, 0.2) is 11.6 Å². The van der Waals surface area contributed by atoms with Gasteiger partial charge in [0, 0.05) is 12.8 Å². The summed E-state index contributed by atoms with van der Waals surface area (Å²) >= 11 is 0. The van der Waals surface area contributed by atoms with Gasteiger partial charge in [-0.2, -0.15) is 35.1 Å². The second-order valence-electron chi connectivity index (χ2n) is 6.13. The molecule has 1 atom stereocenters. The van der Waals surface area contributed by atoms with E-state index in [1.54, 1.807) is 0 Å². The van der Waals surface area contributed by atoms with Crippen molar-refractivity contribution < 1.29 is 49.8 Å². The fraction of sp³-hybridized carbons (Fsp3) is 0.625. The standard InChI is InChI=1S/C16H18F8O3/c1-8(2)10(25)5-6-13(17,18)15(21,22)16(23,24)14(19,20)7-11(26)12(27)9(3)4/h11,26H,1,3,5-7H2,2,4H3. The number of allylic oxidation sites excluding steroid dienone is 1. The number of ketones is 2. The molecule has 0 saturated heterocycles. The van der Waals surface area contributed by atoms with E-state index in [9.17, 15) is 49.8 Å². The molecule has 27 heavy (non-hydrogen) atoms. The summed E-state index contributed by atoms with van der Waals surface area (Å²) in [6, 6.07) is 0. The Bertz CT molecular complexity index is 625. The molecule has 0 bridgehead atoms. The summed E-state index contributed by atoms with van der Waals surface area (Å²) in [6.07, 6.45) is -8.83. The van der Waals surface area contributed by atoms with Crippen molar-refractivity contribution >= 4 is 11.6 Å². The van der Waals surface area contributed by atoms with Gasteiger partial charge in [-0.05, 0) is 25.0 Å². The predicted molar refractivity (Wildman–Crippen MR) is 79.3 cm³/mol. The van der Waals surface area contributed by atoms with Gasteiger partial charge in [0.05, 0.1) is 6.42 Å². The smallest absolute Gasteiger partial charge is 0.378 e. The van der Waals surface area contributed by atoms with Crippen LogP contribution in [0.5, 0.6) is 0 Å². The lowest BCUT2D eigenvalue weighted by Crippen LogP contribution is -2.63. The van der Waals surface area contributed by atoms with Gasteiger partial charge in [-0.15, -0.1) is 0 Å². The lowest BCUT2D eigenvalue weighted by molar-refractivity contribution is -0.369. The van der Waals surface area contributed by atoms with Crippen LogP contribution in [0, 0.1) is 0 Å². The van der Waals surface area contributed by atoms with Gasteiger partial charge >= 0.3 is 23.7 Å². The second kappa shape index (κ2) is 8.07. The first-order valence-electron chi connectivity index (χ1n) is 7.39. The first-order chi connectivity index (χ1) is 11.8. The van der Waals surface area contributed by atoms with Gasteiger partial charge in [-0.25, -0.2) is 0 Å². The SMILES string of the molecule is C=C(C)C(=O)CCC(F)(F)C(F)(F)C(F)(F)C(F)(F)CC(O)C(=O)C(=C)C. The fourth-order valence-electron chi connectivity index (χ4n) is 1.85. The lowest BCUT2D eigenvalue weighted by atomic mass is 9.90. The zero-order valence-corrected chi connectivity index (χ0v) is 14.4. The third-order valence-corrected chi connectivity index (χ3v) is 3.63. The molecule has 11 heteroatoms. The van der Waals surface area contributed by atoms with Crippen molar-refractivity contribution in [2.45, 2.75) is 62.9 Å². The maximum absolute atomic E-state index is 13.7. The average Bonchev–Trinajstić information content (AvgIpc) is 2.50. The normalized spacial score (nSPS) is 14.6. The van der Waals surface area contributed by atoms with Crippen LogP contribution in [0.25, 0.3) is 0 Å². The minimum Gasteiger partial charge on any atom is -0.385 e. The Morgan fingerprint density at radius 3 is 1.63 bits per heavy atom. The van der Waals surface area contributed by atoms with Crippen LogP contribution in [0.4, 0.5) is 35.1 Å². The molecule has 0 aliphatic heterocycles.